The van der Waals surface area contributed by atoms with E-state index in [9.17, 15) is 4.79 Å². The highest BCUT2D eigenvalue weighted by Crippen LogP contribution is 2.34. The Morgan fingerprint density at radius 2 is 2.00 bits per heavy atom. The lowest BCUT2D eigenvalue weighted by molar-refractivity contribution is -0.123. The van der Waals surface area contributed by atoms with Crippen molar-refractivity contribution in [2.45, 2.75) is 39.8 Å². The van der Waals surface area contributed by atoms with Crippen LogP contribution in [0.1, 0.15) is 33.4 Å². The number of hydrogen-bond donors (Lipinski definition) is 0. The van der Waals surface area contributed by atoms with E-state index in [4.69, 9.17) is 0 Å². The number of rotatable bonds is 3. The van der Waals surface area contributed by atoms with Crippen molar-refractivity contribution in [1.82, 2.24) is 9.47 Å². The second kappa shape index (κ2) is 5.87. The van der Waals surface area contributed by atoms with Crippen LogP contribution in [0.3, 0.4) is 0 Å². The van der Waals surface area contributed by atoms with Gasteiger partial charge in [0.25, 0.3) is 5.91 Å². The minimum absolute atomic E-state index is 0.0469. The molecule has 20 heavy (non-hydrogen) atoms. The van der Waals surface area contributed by atoms with Crippen molar-refractivity contribution in [2.24, 2.45) is 12.0 Å². The lowest BCUT2D eigenvalue weighted by Crippen LogP contribution is -2.35. The smallest absolute Gasteiger partial charge is 0.267 e. The van der Waals surface area contributed by atoms with Crippen LogP contribution in [0.2, 0.25) is 0 Å². The lowest BCUT2D eigenvalue weighted by atomic mass is 10.3. The van der Waals surface area contributed by atoms with Crippen LogP contribution in [0.15, 0.2) is 28.2 Å². The molecule has 0 spiro atoms. The zero-order valence-electron chi connectivity index (χ0n) is 12.6. The molecule has 1 fully saturated rings. The number of carbonyl (C=O) groups is 1. The van der Waals surface area contributed by atoms with Crippen LogP contribution >= 0.6 is 11.8 Å². The van der Waals surface area contributed by atoms with Gasteiger partial charge in [0.05, 0.1) is 4.91 Å². The van der Waals surface area contributed by atoms with Crippen LogP contribution in [0.25, 0.3) is 6.08 Å². The van der Waals surface area contributed by atoms with Gasteiger partial charge in [0.2, 0.25) is 0 Å². The fraction of sp³-hybridized carbons (Fsp3) is 0.467. The summed E-state index contributed by atoms with van der Waals surface area (Å²) in [5.41, 5.74) is 1.02. The molecule has 0 N–H and O–H groups in total. The van der Waals surface area contributed by atoms with E-state index in [1.54, 1.807) is 4.90 Å². The Morgan fingerprint density at radius 1 is 1.30 bits per heavy atom. The van der Waals surface area contributed by atoms with E-state index < -0.39 is 0 Å². The van der Waals surface area contributed by atoms with Gasteiger partial charge in [0.1, 0.15) is 0 Å². The summed E-state index contributed by atoms with van der Waals surface area (Å²) < 4.78 is 2.00. The zero-order chi connectivity index (χ0) is 14.9. The van der Waals surface area contributed by atoms with Crippen LogP contribution < -0.4 is 0 Å². The van der Waals surface area contributed by atoms with E-state index >= 15 is 0 Å². The Bertz CT molecular complexity index is 569. The van der Waals surface area contributed by atoms with E-state index in [0.29, 0.717) is 0 Å². The van der Waals surface area contributed by atoms with E-state index in [-0.39, 0.29) is 18.0 Å². The average molecular weight is 291 g/mol. The normalized spacial score (nSPS) is 20.1. The molecule has 108 valence electrons. The fourth-order valence-corrected chi connectivity index (χ4v) is 3.23. The Hall–Kier alpha value is -1.49. The highest BCUT2D eigenvalue weighted by Gasteiger charge is 2.35. The molecule has 0 atom stereocenters. The quantitative estimate of drug-likeness (QED) is 0.802. The summed E-state index contributed by atoms with van der Waals surface area (Å²) >= 11 is 1.46. The summed E-state index contributed by atoms with van der Waals surface area (Å²) in [5, 5.41) is 0.806. The second-order valence-electron chi connectivity index (χ2n) is 5.43. The number of amides is 1. The average Bonchev–Trinajstić information content (AvgIpc) is 2.84. The van der Waals surface area contributed by atoms with E-state index in [1.165, 1.54) is 11.8 Å². The minimum Gasteiger partial charge on any atom is -0.351 e. The summed E-state index contributed by atoms with van der Waals surface area (Å²) in [4.78, 5) is 19.6. The highest BCUT2D eigenvalue weighted by molar-refractivity contribution is 8.18. The number of aryl methyl sites for hydroxylation is 1. The predicted molar refractivity (Wildman–Crippen MR) is 85.5 cm³/mol. The minimum atomic E-state index is 0.0469. The van der Waals surface area contributed by atoms with Gasteiger partial charge in [-0.2, -0.15) is 0 Å². The molecule has 1 aromatic rings. The topological polar surface area (TPSA) is 37.6 Å². The Morgan fingerprint density at radius 3 is 2.50 bits per heavy atom. The van der Waals surface area contributed by atoms with Gasteiger partial charge >= 0.3 is 0 Å². The van der Waals surface area contributed by atoms with Gasteiger partial charge in [-0.25, -0.2) is 0 Å². The van der Waals surface area contributed by atoms with Crippen molar-refractivity contribution in [3.8, 4) is 0 Å². The molecular weight excluding hydrogens is 270 g/mol. The molecule has 1 aromatic heterocycles. The first-order chi connectivity index (χ1) is 9.40. The summed E-state index contributed by atoms with van der Waals surface area (Å²) in [7, 11) is 1.97. The van der Waals surface area contributed by atoms with Crippen molar-refractivity contribution in [2.75, 3.05) is 0 Å². The maximum absolute atomic E-state index is 12.5. The molecule has 5 heteroatoms. The molecule has 0 aliphatic carbocycles. The van der Waals surface area contributed by atoms with E-state index in [0.717, 1.165) is 15.8 Å². The molecule has 0 saturated carbocycles. The molecule has 1 amide bonds. The van der Waals surface area contributed by atoms with Crippen LogP contribution in [-0.2, 0) is 11.8 Å². The molecule has 2 rings (SSSR count). The van der Waals surface area contributed by atoms with Gasteiger partial charge in [0.15, 0.2) is 5.17 Å². The number of carbonyl (C=O) groups excluding carboxylic acids is 1. The molecule has 2 heterocycles. The lowest BCUT2D eigenvalue weighted by Gasteiger charge is -2.20. The standard InChI is InChI=1S/C15H21N3OS/c1-10(2)16-15-18(11(3)4)14(19)13(20-15)9-12-7-6-8-17(12)5/h6-11H,1-5H3/b13-9+,16-15?. The van der Waals surface area contributed by atoms with Crippen LogP contribution in [-0.4, -0.2) is 32.6 Å². The molecule has 1 aliphatic rings. The van der Waals surface area contributed by atoms with Crippen LogP contribution in [0, 0.1) is 0 Å². The van der Waals surface area contributed by atoms with Crippen molar-refractivity contribution in [3.63, 3.8) is 0 Å². The van der Waals surface area contributed by atoms with Gasteiger partial charge < -0.3 is 4.57 Å². The van der Waals surface area contributed by atoms with E-state index in [1.807, 2.05) is 63.7 Å². The number of aromatic nitrogens is 1. The molecule has 4 nitrogen and oxygen atoms in total. The third-order valence-corrected chi connectivity index (χ3v) is 3.98. The molecular formula is C15H21N3OS. The van der Waals surface area contributed by atoms with Crippen molar-refractivity contribution < 1.29 is 4.79 Å². The van der Waals surface area contributed by atoms with Crippen molar-refractivity contribution in [1.29, 1.82) is 0 Å². The van der Waals surface area contributed by atoms with Crippen LogP contribution in [0.4, 0.5) is 0 Å². The first kappa shape index (κ1) is 14.9. The van der Waals surface area contributed by atoms with Gasteiger partial charge in [-0.05, 0) is 57.7 Å². The Labute approximate surface area is 124 Å². The third-order valence-electron chi connectivity index (χ3n) is 2.98. The summed E-state index contributed by atoms with van der Waals surface area (Å²) in [6, 6.07) is 4.27. The van der Waals surface area contributed by atoms with Crippen LogP contribution in [0.5, 0.6) is 0 Å². The van der Waals surface area contributed by atoms with Gasteiger partial charge in [-0.15, -0.1) is 0 Å². The molecule has 0 aromatic carbocycles. The first-order valence-corrected chi connectivity index (χ1v) is 7.64. The number of amidine groups is 1. The zero-order valence-corrected chi connectivity index (χ0v) is 13.4. The second-order valence-corrected chi connectivity index (χ2v) is 6.44. The van der Waals surface area contributed by atoms with Gasteiger partial charge in [-0.1, -0.05) is 0 Å². The molecule has 1 saturated heterocycles. The summed E-state index contributed by atoms with van der Waals surface area (Å²) in [6.45, 7) is 8.07. The molecule has 1 aliphatic heterocycles. The molecule has 0 unspecified atom stereocenters. The monoisotopic (exact) mass is 291 g/mol. The summed E-state index contributed by atoms with van der Waals surface area (Å²) in [6.07, 6.45) is 3.91. The van der Waals surface area contributed by atoms with Crippen molar-refractivity contribution in [3.05, 3.63) is 28.9 Å². The Kier molecular flexibility index (Phi) is 4.38. The van der Waals surface area contributed by atoms with E-state index in [2.05, 4.69) is 4.99 Å². The molecule has 0 radical (unpaired) electrons. The fourth-order valence-electron chi connectivity index (χ4n) is 2.01. The maximum atomic E-state index is 12.5. The SMILES string of the molecule is CC(C)N=C1S/C(=C/c2cccn2C)C(=O)N1C(C)C. The number of thioether (sulfide) groups is 1. The van der Waals surface area contributed by atoms with Gasteiger partial charge in [-0.3, -0.25) is 14.7 Å². The number of nitrogens with zero attached hydrogens (tertiary/aromatic N) is 3. The maximum Gasteiger partial charge on any atom is 0.267 e. The predicted octanol–water partition coefficient (Wildman–Crippen LogP) is 3.11. The summed E-state index contributed by atoms with van der Waals surface area (Å²) in [5.74, 6) is 0.0469. The first-order valence-electron chi connectivity index (χ1n) is 6.82. The number of hydrogen-bond acceptors (Lipinski definition) is 3. The molecule has 0 bridgehead atoms. The number of aliphatic imine (C=N–C) groups is 1. The highest BCUT2D eigenvalue weighted by atomic mass is 32.2. The van der Waals surface area contributed by atoms with Gasteiger partial charge in [0, 0.05) is 31.0 Å². The third kappa shape index (κ3) is 2.98. The van der Waals surface area contributed by atoms with Crippen molar-refractivity contribution >= 4 is 28.9 Å². The Balaban J connectivity index is 2.37. The largest absolute Gasteiger partial charge is 0.351 e.